The number of hydrogen-bond donors (Lipinski definition) is 0. The number of anilines is 2. The molecule has 32 heavy (non-hydrogen) atoms. The lowest BCUT2D eigenvalue weighted by Gasteiger charge is -2.23. The van der Waals surface area contributed by atoms with E-state index in [1.807, 2.05) is 18.2 Å². The fourth-order valence-electron chi connectivity index (χ4n) is 4.53. The lowest BCUT2D eigenvalue weighted by molar-refractivity contribution is 1.01. The summed E-state index contributed by atoms with van der Waals surface area (Å²) in [6, 6.07) is 28.3. The van der Waals surface area contributed by atoms with Gasteiger partial charge in [-0.3, -0.25) is 0 Å². The average molecular weight is 415 g/mol. The van der Waals surface area contributed by atoms with Crippen LogP contribution in [0.1, 0.15) is 5.56 Å². The molecule has 0 saturated heterocycles. The third-order valence-electron chi connectivity index (χ3n) is 6.13. The molecule has 0 radical (unpaired) electrons. The van der Waals surface area contributed by atoms with Gasteiger partial charge in [-0.1, -0.05) is 79.4 Å². The Morgan fingerprint density at radius 2 is 1.59 bits per heavy atom. The molecule has 2 heteroatoms. The Hall–Kier alpha value is -4.04. The number of allylic oxidation sites excluding steroid dienone is 4. The molecule has 0 saturated carbocycles. The summed E-state index contributed by atoms with van der Waals surface area (Å²) in [5, 5.41) is 5.17. The maximum Gasteiger partial charge on any atom is 0.0509 e. The summed E-state index contributed by atoms with van der Waals surface area (Å²) < 4.78 is 2.30. The number of aryl methyl sites for hydroxylation is 2. The van der Waals surface area contributed by atoms with Crippen molar-refractivity contribution in [1.82, 2.24) is 4.57 Å². The standard InChI is InChI=1S/C30H26N2/c1-4-5-6-11-20-32(27-15-10-7-12-22(27)2)24-17-18-26-29(21-24)31(3)28-19-16-23-13-8-9-14-25(23)30(26)28/h4-21H,1H2,2-3H3/b6-5-,20-11-. The van der Waals surface area contributed by atoms with Crippen LogP contribution in [0.4, 0.5) is 11.4 Å². The minimum absolute atomic E-state index is 1.13. The number of rotatable bonds is 5. The fraction of sp³-hybridized carbons (Fsp3) is 0.0667. The lowest BCUT2D eigenvalue weighted by atomic mass is 10.0. The summed E-state index contributed by atoms with van der Waals surface area (Å²) in [5.74, 6) is 0. The van der Waals surface area contributed by atoms with E-state index in [1.54, 1.807) is 6.08 Å². The van der Waals surface area contributed by atoms with Gasteiger partial charge in [0.25, 0.3) is 0 Å². The van der Waals surface area contributed by atoms with E-state index in [4.69, 9.17) is 0 Å². The highest BCUT2D eigenvalue weighted by molar-refractivity contribution is 6.21. The maximum absolute atomic E-state index is 3.76. The summed E-state index contributed by atoms with van der Waals surface area (Å²) in [7, 11) is 2.16. The summed E-state index contributed by atoms with van der Waals surface area (Å²) in [6.45, 7) is 5.91. The van der Waals surface area contributed by atoms with Crippen LogP contribution < -0.4 is 4.90 Å². The van der Waals surface area contributed by atoms with Gasteiger partial charge in [-0.05, 0) is 53.6 Å². The number of nitrogens with zero attached hydrogens (tertiary/aromatic N) is 2. The zero-order chi connectivity index (χ0) is 22.1. The Morgan fingerprint density at radius 1 is 0.781 bits per heavy atom. The van der Waals surface area contributed by atoms with E-state index in [1.165, 1.54) is 43.8 Å². The number of fused-ring (bicyclic) bond motifs is 5. The Balaban J connectivity index is 1.73. The van der Waals surface area contributed by atoms with Gasteiger partial charge in [0.05, 0.1) is 5.52 Å². The molecule has 1 aromatic heterocycles. The summed E-state index contributed by atoms with van der Waals surface area (Å²) in [4.78, 5) is 2.25. The number of para-hydroxylation sites is 1. The fourth-order valence-corrected chi connectivity index (χ4v) is 4.53. The van der Waals surface area contributed by atoms with Gasteiger partial charge in [0.1, 0.15) is 0 Å². The Morgan fingerprint density at radius 3 is 2.44 bits per heavy atom. The van der Waals surface area contributed by atoms with Crippen molar-refractivity contribution in [2.75, 3.05) is 4.90 Å². The smallest absolute Gasteiger partial charge is 0.0509 e. The molecule has 1 heterocycles. The predicted octanol–water partition coefficient (Wildman–Crippen LogP) is 8.19. The van der Waals surface area contributed by atoms with Crippen LogP contribution in [0.15, 0.2) is 116 Å². The first-order valence-corrected chi connectivity index (χ1v) is 10.9. The SMILES string of the molecule is C=C/C=C\C=C/N(c1ccc2c3c4ccccc4ccc3n(C)c2c1)c1ccccc1C. The molecular weight excluding hydrogens is 388 g/mol. The van der Waals surface area contributed by atoms with Crippen molar-refractivity contribution in [3.63, 3.8) is 0 Å². The van der Waals surface area contributed by atoms with Crippen LogP contribution in [0.2, 0.25) is 0 Å². The monoisotopic (exact) mass is 414 g/mol. The molecule has 0 bridgehead atoms. The van der Waals surface area contributed by atoms with Crippen molar-refractivity contribution < 1.29 is 0 Å². The third kappa shape index (κ3) is 3.30. The minimum Gasteiger partial charge on any atom is -0.344 e. The van der Waals surface area contributed by atoms with Crippen LogP contribution in [0.5, 0.6) is 0 Å². The van der Waals surface area contributed by atoms with E-state index in [-0.39, 0.29) is 0 Å². The highest BCUT2D eigenvalue weighted by Crippen LogP contribution is 2.37. The van der Waals surface area contributed by atoms with Gasteiger partial charge in [-0.25, -0.2) is 0 Å². The van der Waals surface area contributed by atoms with Crippen LogP contribution in [-0.4, -0.2) is 4.57 Å². The summed E-state index contributed by atoms with van der Waals surface area (Å²) in [5.41, 5.74) is 6.00. The van der Waals surface area contributed by atoms with E-state index in [0.717, 1.165) is 5.69 Å². The largest absolute Gasteiger partial charge is 0.344 e. The van der Waals surface area contributed by atoms with Crippen molar-refractivity contribution in [3.05, 3.63) is 122 Å². The molecule has 2 nitrogen and oxygen atoms in total. The van der Waals surface area contributed by atoms with Crippen molar-refractivity contribution in [1.29, 1.82) is 0 Å². The number of hydrogen-bond acceptors (Lipinski definition) is 1. The van der Waals surface area contributed by atoms with Gasteiger partial charge in [0.15, 0.2) is 0 Å². The second-order valence-electron chi connectivity index (χ2n) is 8.06. The van der Waals surface area contributed by atoms with Crippen LogP contribution in [0, 0.1) is 6.92 Å². The molecule has 0 spiro atoms. The minimum atomic E-state index is 1.13. The topological polar surface area (TPSA) is 8.17 Å². The normalized spacial score (nSPS) is 11.9. The van der Waals surface area contributed by atoms with Crippen molar-refractivity contribution in [2.24, 2.45) is 7.05 Å². The first kappa shape index (κ1) is 19.9. The molecule has 0 fully saturated rings. The van der Waals surface area contributed by atoms with Crippen LogP contribution in [0.3, 0.4) is 0 Å². The first-order valence-electron chi connectivity index (χ1n) is 10.9. The number of aromatic nitrogens is 1. The van der Waals surface area contributed by atoms with Crippen molar-refractivity contribution >= 4 is 44.0 Å². The summed E-state index contributed by atoms with van der Waals surface area (Å²) >= 11 is 0. The Bertz CT molecular complexity index is 1510. The molecule has 156 valence electrons. The Labute approximate surface area is 189 Å². The molecular formula is C30H26N2. The second kappa shape index (κ2) is 8.24. The number of benzene rings is 4. The third-order valence-corrected chi connectivity index (χ3v) is 6.13. The molecule has 5 aromatic rings. The second-order valence-corrected chi connectivity index (χ2v) is 8.06. The first-order chi connectivity index (χ1) is 15.7. The molecule has 0 N–H and O–H groups in total. The van der Waals surface area contributed by atoms with Gasteiger partial charge >= 0.3 is 0 Å². The van der Waals surface area contributed by atoms with Gasteiger partial charge in [-0.2, -0.15) is 0 Å². The van der Waals surface area contributed by atoms with Crippen LogP contribution in [0.25, 0.3) is 32.6 Å². The lowest BCUT2D eigenvalue weighted by Crippen LogP contribution is -2.09. The van der Waals surface area contributed by atoms with Crippen LogP contribution >= 0.6 is 0 Å². The van der Waals surface area contributed by atoms with E-state index in [9.17, 15) is 0 Å². The van der Waals surface area contributed by atoms with Gasteiger partial charge in [0.2, 0.25) is 0 Å². The molecule has 0 amide bonds. The highest BCUT2D eigenvalue weighted by Gasteiger charge is 2.15. The highest BCUT2D eigenvalue weighted by atomic mass is 15.1. The zero-order valence-corrected chi connectivity index (χ0v) is 18.5. The van der Waals surface area contributed by atoms with E-state index in [0.29, 0.717) is 0 Å². The van der Waals surface area contributed by atoms with E-state index in [2.05, 4.69) is 115 Å². The van der Waals surface area contributed by atoms with Crippen LogP contribution in [-0.2, 0) is 7.05 Å². The maximum atomic E-state index is 3.76. The zero-order valence-electron chi connectivity index (χ0n) is 18.5. The molecule has 0 aliphatic heterocycles. The molecule has 0 unspecified atom stereocenters. The molecule has 0 atom stereocenters. The average Bonchev–Trinajstić information content (AvgIpc) is 3.12. The molecule has 0 aliphatic carbocycles. The van der Waals surface area contributed by atoms with Gasteiger partial charge in [0, 0.05) is 40.9 Å². The van der Waals surface area contributed by atoms with Crippen molar-refractivity contribution in [3.8, 4) is 0 Å². The Kier molecular flexibility index (Phi) is 5.12. The van der Waals surface area contributed by atoms with E-state index < -0.39 is 0 Å². The molecule has 5 rings (SSSR count). The quantitative estimate of drug-likeness (QED) is 0.263. The van der Waals surface area contributed by atoms with Gasteiger partial charge in [-0.15, -0.1) is 0 Å². The molecule has 4 aromatic carbocycles. The summed E-state index contributed by atoms with van der Waals surface area (Å²) in [6.07, 6.45) is 9.88. The van der Waals surface area contributed by atoms with Gasteiger partial charge < -0.3 is 9.47 Å². The van der Waals surface area contributed by atoms with E-state index >= 15 is 0 Å². The predicted molar refractivity (Wildman–Crippen MR) is 140 cm³/mol. The van der Waals surface area contributed by atoms with Crippen molar-refractivity contribution in [2.45, 2.75) is 6.92 Å². The molecule has 0 aliphatic rings.